The lowest BCUT2D eigenvalue weighted by Crippen LogP contribution is -3.00. The number of hydrogen-bond donors (Lipinski definition) is 0. The molecule has 0 amide bonds. The number of benzene rings is 2. The molecule has 4 saturated heterocycles. The van der Waals surface area contributed by atoms with Crippen LogP contribution < -0.4 is 52.9 Å². The van der Waals surface area contributed by atoms with Crippen molar-refractivity contribution < 1.29 is 100 Å². The molecule has 0 radical (unpaired) electrons. The van der Waals surface area contributed by atoms with E-state index in [1.165, 1.54) is 27.7 Å². The summed E-state index contributed by atoms with van der Waals surface area (Å²) in [5.41, 5.74) is 1.53. The van der Waals surface area contributed by atoms with Crippen molar-refractivity contribution in [3.8, 4) is 23.0 Å². The summed E-state index contributed by atoms with van der Waals surface area (Å²) in [5.74, 6) is -0.951. The third-order valence-corrected chi connectivity index (χ3v) is 12.4. The van der Waals surface area contributed by atoms with Crippen molar-refractivity contribution in [2.24, 2.45) is 0 Å². The zero-order chi connectivity index (χ0) is 40.4. The van der Waals surface area contributed by atoms with Crippen LogP contribution in [0.5, 0.6) is 23.0 Å². The van der Waals surface area contributed by atoms with Gasteiger partial charge >= 0.3 is 35.8 Å². The standard InChI is InChI=1S/C42H54N2O12.2BrH/c1-25(45)51-35-11-13-39(53-27(3)47)29(17-35)23-43(5)31-7-8-32(43)20-37(19-31)55-41(49)15-16-42(50)56-38-21-33-9-10-34(22-38)44(33,6)24-30-18-36(52-26(2)46)12-14-40(30)54-28(4)48;;/h11-14,17-18,31-34,37-38H,7-10,15-16,19-24H2,1-6H3;2*1H/q+2;;/p-2/t31-,32+,33-,34+,37?,38?,43?,44?;;. The van der Waals surface area contributed by atoms with Gasteiger partial charge in [0.15, 0.2) is 0 Å². The number of esters is 6. The molecule has 318 valence electrons. The van der Waals surface area contributed by atoms with Crippen LogP contribution >= 0.6 is 0 Å². The fraction of sp³-hybridized carbons (Fsp3) is 0.571. The molecule has 0 aromatic heterocycles. The lowest BCUT2D eigenvalue weighted by atomic mass is 9.95. The SMILES string of the molecule is CC(=O)Oc1ccc(OC(C)=O)c(C[N+]2(C)[C@@H]3CC[C@H]2CC(OC(=O)CCC(=O)OC2C[C@H]4CC[C@@H](C2)[N+]4(C)Cc2cc(OC(C)=O)ccc2OC(C)=O)C3)c1.[Br-].[Br-]. The van der Waals surface area contributed by atoms with Gasteiger partial charge in [-0.15, -0.1) is 0 Å². The number of rotatable bonds is 13. The molecule has 0 spiro atoms. The molecular formula is C42H54Br2N2O12. The van der Waals surface area contributed by atoms with Crippen LogP contribution in [0.3, 0.4) is 0 Å². The first-order chi connectivity index (χ1) is 26.5. The lowest BCUT2D eigenvalue weighted by molar-refractivity contribution is -0.961. The number of piperidine rings is 2. The predicted molar refractivity (Wildman–Crippen MR) is 199 cm³/mol. The Morgan fingerprint density at radius 2 is 0.828 bits per heavy atom. The van der Waals surface area contributed by atoms with Crippen molar-refractivity contribution in [3.05, 3.63) is 47.5 Å². The van der Waals surface area contributed by atoms with Crippen LogP contribution in [0.15, 0.2) is 36.4 Å². The van der Waals surface area contributed by atoms with E-state index < -0.39 is 35.8 Å². The summed E-state index contributed by atoms with van der Waals surface area (Å²) in [4.78, 5) is 73.0. The molecule has 14 nitrogen and oxygen atoms in total. The van der Waals surface area contributed by atoms with Gasteiger partial charge in [0, 0.05) is 79.1 Å². The maximum atomic E-state index is 13.0. The molecule has 0 saturated carbocycles. The first-order valence-electron chi connectivity index (χ1n) is 19.6. The van der Waals surface area contributed by atoms with Gasteiger partial charge in [-0.2, -0.15) is 0 Å². The smallest absolute Gasteiger partial charge is 0.308 e. The van der Waals surface area contributed by atoms with Crippen LogP contribution in [0.4, 0.5) is 0 Å². The van der Waals surface area contributed by atoms with Gasteiger partial charge in [-0.25, -0.2) is 0 Å². The Kier molecular flexibility index (Phi) is 15.7. The van der Waals surface area contributed by atoms with Crippen molar-refractivity contribution in [1.29, 1.82) is 0 Å². The summed E-state index contributed by atoms with van der Waals surface area (Å²) in [7, 11) is 4.35. The van der Waals surface area contributed by atoms with Crippen LogP contribution in [-0.2, 0) is 51.3 Å². The number of fused-ring (bicyclic) bond motifs is 4. The summed E-state index contributed by atoms with van der Waals surface area (Å²) in [6, 6.07) is 10.8. The van der Waals surface area contributed by atoms with Gasteiger partial charge in [-0.1, -0.05) is 0 Å². The third-order valence-electron chi connectivity index (χ3n) is 12.4. The molecule has 0 aliphatic carbocycles. The minimum Gasteiger partial charge on any atom is -1.00 e. The Morgan fingerprint density at radius 3 is 1.12 bits per heavy atom. The minimum atomic E-state index is -0.438. The van der Waals surface area contributed by atoms with E-state index in [2.05, 4.69) is 14.1 Å². The number of hydrogen-bond acceptors (Lipinski definition) is 12. The monoisotopic (exact) mass is 936 g/mol. The molecule has 4 heterocycles. The van der Waals surface area contributed by atoms with Gasteiger partial charge in [0.2, 0.25) is 0 Å². The molecule has 8 atom stereocenters. The molecule has 2 aromatic rings. The van der Waals surface area contributed by atoms with Crippen molar-refractivity contribution in [3.63, 3.8) is 0 Å². The second kappa shape index (κ2) is 19.5. The Hall–Kier alpha value is -3.86. The molecule has 4 aliphatic rings. The van der Waals surface area contributed by atoms with Gasteiger partial charge in [-0.3, -0.25) is 28.8 Å². The van der Waals surface area contributed by atoms with E-state index >= 15 is 0 Å². The second-order valence-electron chi connectivity index (χ2n) is 16.4. The molecule has 4 bridgehead atoms. The first-order valence-corrected chi connectivity index (χ1v) is 19.6. The van der Waals surface area contributed by atoms with Crippen molar-refractivity contribution in [1.82, 2.24) is 0 Å². The minimum absolute atomic E-state index is 0. The van der Waals surface area contributed by atoms with Crippen LogP contribution in [0.2, 0.25) is 0 Å². The van der Waals surface area contributed by atoms with Gasteiger partial charge in [-0.05, 0) is 36.4 Å². The highest BCUT2D eigenvalue weighted by Gasteiger charge is 2.54. The highest BCUT2D eigenvalue weighted by molar-refractivity contribution is 5.78. The predicted octanol–water partition coefficient (Wildman–Crippen LogP) is -0.757. The average Bonchev–Trinajstić information content (AvgIpc) is 3.33. The summed E-state index contributed by atoms with van der Waals surface area (Å²) >= 11 is 0. The fourth-order valence-electron chi connectivity index (χ4n) is 9.85. The summed E-state index contributed by atoms with van der Waals surface area (Å²) in [5, 5.41) is 0. The second-order valence-corrected chi connectivity index (χ2v) is 16.4. The van der Waals surface area contributed by atoms with Crippen LogP contribution in [0, 0.1) is 0 Å². The Morgan fingerprint density at radius 1 is 0.517 bits per heavy atom. The summed E-state index contributed by atoms with van der Waals surface area (Å²) < 4.78 is 34.9. The largest absolute Gasteiger partial charge is 1.00 e. The molecule has 2 aromatic carbocycles. The average molecular weight is 939 g/mol. The van der Waals surface area contributed by atoms with Crippen LogP contribution in [-0.4, -0.2) is 95.3 Å². The zero-order valence-corrected chi connectivity index (χ0v) is 37.1. The Labute approximate surface area is 360 Å². The Bertz CT molecular complexity index is 1730. The number of carbonyl (C=O) groups is 6. The number of carbonyl (C=O) groups excluding carboxylic acids is 6. The maximum absolute atomic E-state index is 13.0. The Balaban J connectivity index is 0.00000372. The molecule has 4 unspecified atom stereocenters. The molecular weight excluding hydrogens is 884 g/mol. The molecule has 4 fully saturated rings. The van der Waals surface area contributed by atoms with E-state index in [9.17, 15) is 28.8 Å². The number of halogens is 2. The fourth-order valence-corrected chi connectivity index (χ4v) is 9.85. The van der Waals surface area contributed by atoms with Gasteiger partial charge < -0.3 is 71.4 Å². The van der Waals surface area contributed by atoms with E-state index in [0.29, 0.717) is 70.7 Å². The molecule has 6 rings (SSSR count). The summed E-state index contributed by atoms with van der Waals surface area (Å²) in [6.07, 6.45) is 5.90. The third kappa shape index (κ3) is 11.0. The van der Waals surface area contributed by atoms with E-state index in [-0.39, 0.29) is 83.2 Å². The zero-order valence-electron chi connectivity index (χ0n) is 34.0. The number of ether oxygens (including phenoxy) is 6. The lowest BCUT2D eigenvalue weighted by Gasteiger charge is -2.47. The van der Waals surface area contributed by atoms with Gasteiger partial charge in [0.05, 0.1) is 62.2 Å². The normalized spacial score (nSPS) is 27.8. The number of nitrogens with zero attached hydrogens (tertiary/aromatic N) is 2. The molecule has 4 aliphatic heterocycles. The van der Waals surface area contributed by atoms with Gasteiger partial charge in [0.1, 0.15) is 48.3 Å². The first kappa shape index (κ1) is 46.8. The highest BCUT2D eigenvalue weighted by Crippen LogP contribution is 2.46. The van der Waals surface area contributed by atoms with Crippen LogP contribution in [0.25, 0.3) is 0 Å². The van der Waals surface area contributed by atoms with Crippen molar-refractivity contribution in [2.75, 3.05) is 14.1 Å². The number of quaternary nitrogens is 2. The van der Waals surface area contributed by atoms with Gasteiger partial charge in [0.25, 0.3) is 0 Å². The topological polar surface area (TPSA) is 158 Å². The molecule has 16 heteroatoms. The van der Waals surface area contributed by atoms with Crippen molar-refractivity contribution in [2.45, 2.75) is 141 Å². The van der Waals surface area contributed by atoms with Crippen molar-refractivity contribution >= 4 is 35.8 Å². The molecule has 58 heavy (non-hydrogen) atoms. The quantitative estimate of drug-likeness (QED) is 0.141. The maximum Gasteiger partial charge on any atom is 0.308 e. The van der Waals surface area contributed by atoms with E-state index in [4.69, 9.17) is 28.4 Å². The van der Waals surface area contributed by atoms with Crippen LogP contribution in [0.1, 0.15) is 103 Å². The van der Waals surface area contributed by atoms with E-state index in [1.54, 1.807) is 36.4 Å². The van der Waals surface area contributed by atoms with E-state index in [1.807, 2.05) is 0 Å². The highest BCUT2D eigenvalue weighted by atomic mass is 79.9. The molecule has 0 N–H and O–H groups in total. The summed E-state index contributed by atoms with van der Waals surface area (Å²) in [6.45, 7) is 6.48. The van der Waals surface area contributed by atoms with E-state index in [0.717, 1.165) is 36.8 Å².